The van der Waals surface area contributed by atoms with E-state index in [-0.39, 0.29) is 12.2 Å². The summed E-state index contributed by atoms with van der Waals surface area (Å²) in [4.78, 5) is 32.0. The van der Waals surface area contributed by atoms with Crippen molar-refractivity contribution < 1.29 is 23.6 Å². The number of allylic oxidation sites excluding steroid dienone is 5. The lowest BCUT2D eigenvalue weighted by molar-refractivity contribution is -0.536. The highest BCUT2D eigenvalue weighted by atomic mass is 28.3. The van der Waals surface area contributed by atoms with E-state index in [1.54, 1.807) is 0 Å². The Hall–Kier alpha value is -5.15. The number of carbonyl (C=O) groups is 2. The molecule has 0 unspecified atom stereocenters. The smallest absolute Gasteiger partial charge is 0.410 e. The third-order valence-corrected chi connectivity index (χ3v) is 16.2. The summed E-state index contributed by atoms with van der Waals surface area (Å²) in [6.45, 7) is 26.6. The quantitative estimate of drug-likeness (QED) is 0.117. The average molecular weight is 824 g/mol. The van der Waals surface area contributed by atoms with E-state index in [2.05, 4.69) is 115 Å². The van der Waals surface area contributed by atoms with Gasteiger partial charge in [0.25, 0.3) is 0 Å². The monoisotopic (exact) mass is 823 g/mol. The van der Waals surface area contributed by atoms with Crippen LogP contribution in [-0.2, 0) is 22.3 Å². The van der Waals surface area contributed by atoms with Crippen molar-refractivity contribution in [3.8, 4) is 0 Å². The fourth-order valence-electron chi connectivity index (χ4n) is 9.75. The molecule has 0 saturated carbocycles. The van der Waals surface area contributed by atoms with Gasteiger partial charge in [0.15, 0.2) is 18.8 Å². The Kier molecular flexibility index (Phi) is 10.9. The van der Waals surface area contributed by atoms with Gasteiger partial charge in [0.05, 0.1) is 13.1 Å². The highest BCUT2D eigenvalue weighted by Crippen LogP contribution is 2.44. The van der Waals surface area contributed by atoms with Gasteiger partial charge in [-0.25, -0.2) is 14.2 Å². The second kappa shape index (κ2) is 15.7. The number of ether oxygens (including phenoxy) is 2. The van der Waals surface area contributed by atoms with Crippen molar-refractivity contribution in [1.29, 1.82) is 0 Å². The molecule has 4 aliphatic rings. The molecule has 0 atom stereocenters. The van der Waals surface area contributed by atoms with Gasteiger partial charge < -0.3 is 19.3 Å². The third kappa shape index (κ3) is 7.81. The summed E-state index contributed by atoms with van der Waals surface area (Å²) in [6, 6.07) is 23.3. The molecule has 0 N–H and O–H groups in total. The van der Waals surface area contributed by atoms with Crippen molar-refractivity contribution in [1.82, 2.24) is 9.80 Å². The van der Waals surface area contributed by atoms with E-state index in [0.29, 0.717) is 26.2 Å². The minimum Gasteiger partial charge on any atom is -0.444 e. The largest absolute Gasteiger partial charge is 0.444 e. The molecule has 4 aromatic rings. The van der Waals surface area contributed by atoms with Crippen LogP contribution in [0.1, 0.15) is 77.6 Å². The van der Waals surface area contributed by atoms with Gasteiger partial charge in [0.1, 0.15) is 19.3 Å². The van der Waals surface area contributed by atoms with Crippen molar-refractivity contribution in [2.45, 2.75) is 92.5 Å². The number of fused-ring (bicyclic) bond motifs is 4. The fraction of sp³-hybridized carbons (Fsp3) is 0.431. The summed E-state index contributed by atoms with van der Waals surface area (Å²) in [6.07, 6.45) is 8.62. The Morgan fingerprint density at radius 2 is 1.25 bits per heavy atom. The number of aryl methyl sites for hydroxylation is 2. The van der Waals surface area contributed by atoms with Crippen molar-refractivity contribution in [3.05, 3.63) is 112 Å². The number of benzene rings is 4. The molecule has 8 nitrogen and oxygen atoms in total. The van der Waals surface area contributed by atoms with Gasteiger partial charge in [0.2, 0.25) is 0 Å². The topological polar surface area (TPSA) is 65.3 Å². The maximum absolute atomic E-state index is 12.9. The number of amides is 2. The zero-order chi connectivity index (χ0) is 42.7. The van der Waals surface area contributed by atoms with Gasteiger partial charge in [-0.15, -0.1) is 0 Å². The number of hydrogen-bond acceptors (Lipinski definition) is 5. The molecule has 1 aliphatic carbocycles. The number of anilines is 1. The summed E-state index contributed by atoms with van der Waals surface area (Å²) in [5.41, 5.74) is 9.40. The van der Waals surface area contributed by atoms with Crippen LogP contribution < -0.4 is 10.1 Å². The van der Waals surface area contributed by atoms with Crippen LogP contribution in [0.15, 0.2) is 89.7 Å². The highest BCUT2D eigenvalue weighted by molar-refractivity contribution is 6.98. The molecule has 0 bridgehead atoms. The number of carbonyl (C=O) groups excluding carboxylic acids is 2. The van der Waals surface area contributed by atoms with Crippen molar-refractivity contribution in [3.63, 3.8) is 0 Å². The first-order valence-electron chi connectivity index (χ1n) is 22.1. The Labute approximate surface area is 357 Å². The predicted molar refractivity (Wildman–Crippen MR) is 250 cm³/mol. The standard InChI is InChI=1S/C51H63N4O4Si/c1-11-37-39-15-13-14-16-40(39)38(12-2)44-31-34(17-20-41(37)44)47-42-21-18-35(52-23-27-54(28-24-52)48(56)58-50(3,4)5)32-45(42)60(9,10)46-33-36(19-22-43(46)47)53-25-29-55(30-26-53)49(57)59-51(6,7)8/h13-22,31-33H,11-12,23-30H2,1-10H3/q+1. The van der Waals surface area contributed by atoms with Crippen LogP contribution in [0.3, 0.4) is 0 Å². The number of nitrogens with zero attached hydrogens (tertiary/aromatic N) is 4. The summed E-state index contributed by atoms with van der Waals surface area (Å²) in [7, 11) is -2.28. The van der Waals surface area contributed by atoms with Crippen LogP contribution >= 0.6 is 0 Å². The zero-order valence-corrected chi connectivity index (χ0v) is 38.5. The molecule has 4 aromatic carbocycles. The van der Waals surface area contributed by atoms with Gasteiger partial charge >= 0.3 is 12.2 Å². The van der Waals surface area contributed by atoms with E-state index in [4.69, 9.17) is 9.47 Å². The fourth-order valence-corrected chi connectivity index (χ4v) is 12.8. The molecular formula is C51H63N4O4Si+. The van der Waals surface area contributed by atoms with E-state index >= 15 is 0 Å². The molecule has 8 rings (SSSR count). The lowest BCUT2D eigenvalue weighted by atomic mass is 9.85. The lowest BCUT2D eigenvalue weighted by Gasteiger charge is -2.40. The Morgan fingerprint density at radius 3 is 1.83 bits per heavy atom. The molecule has 0 radical (unpaired) electrons. The molecular weight excluding hydrogens is 761 g/mol. The van der Waals surface area contributed by atoms with Crippen LogP contribution in [0.4, 0.5) is 15.3 Å². The molecule has 314 valence electrons. The summed E-state index contributed by atoms with van der Waals surface area (Å²) >= 11 is 0. The summed E-state index contributed by atoms with van der Waals surface area (Å²) in [5, 5.41) is 8.30. The van der Waals surface area contributed by atoms with E-state index in [1.807, 2.05) is 51.3 Å². The molecule has 60 heavy (non-hydrogen) atoms. The third-order valence-electron chi connectivity index (χ3n) is 12.7. The molecule has 3 aliphatic heterocycles. The Morgan fingerprint density at radius 1 is 0.683 bits per heavy atom. The van der Waals surface area contributed by atoms with Crippen LogP contribution in [-0.4, -0.2) is 104 Å². The lowest BCUT2D eigenvalue weighted by Crippen LogP contribution is -2.52. The molecule has 0 aromatic heterocycles. The average Bonchev–Trinajstić information content (AvgIpc) is 3.21. The molecule has 2 fully saturated rings. The molecule has 0 spiro atoms. The molecule has 2 saturated heterocycles. The summed E-state index contributed by atoms with van der Waals surface area (Å²) < 4.78 is 13.9. The number of hydrogen-bond donors (Lipinski definition) is 0. The van der Waals surface area contributed by atoms with Gasteiger partial charge in [-0.3, -0.25) is 4.90 Å². The van der Waals surface area contributed by atoms with Crippen LogP contribution in [0.5, 0.6) is 0 Å². The number of piperazine rings is 2. The minimum absolute atomic E-state index is 0.236. The predicted octanol–water partition coefficient (Wildman–Crippen LogP) is 9.65. The SMILES string of the molecule is CCc1c2ccccc2c(CC)c2cc(C3=C4C=CC(=[N+]5CCN(C(=O)OC(C)(C)C)CC5)C=C4[Si](C)(C)c4cc(N5CCN(C(=O)OC(C)(C)C)CC5)ccc43)ccc12. The Balaban J connectivity index is 1.23. The van der Waals surface area contributed by atoms with Gasteiger partial charge in [-0.1, -0.05) is 69.4 Å². The van der Waals surface area contributed by atoms with Gasteiger partial charge in [-0.2, -0.15) is 0 Å². The first-order valence-corrected chi connectivity index (χ1v) is 25.1. The van der Waals surface area contributed by atoms with Crippen LogP contribution in [0.2, 0.25) is 13.1 Å². The number of rotatable bonds is 4. The zero-order valence-electron chi connectivity index (χ0n) is 37.5. The normalized spacial score (nSPS) is 18.2. The van der Waals surface area contributed by atoms with Gasteiger partial charge in [-0.05, 0) is 144 Å². The second-order valence-electron chi connectivity index (χ2n) is 19.3. The van der Waals surface area contributed by atoms with Crippen molar-refractivity contribution in [2.75, 3.05) is 57.3 Å². The first-order chi connectivity index (χ1) is 28.5. The maximum Gasteiger partial charge on any atom is 0.410 e. The van der Waals surface area contributed by atoms with Crippen LogP contribution in [0, 0.1) is 0 Å². The second-order valence-corrected chi connectivity index (χ2v) is 23.7. The van der Waals surface area contributed by atoms with Crippen molar-refractivity contribution >= 4 is 64.0 Å². The summed E-state index contributed by atoms with van der Waals surface area (Å²) in [5.74, 6) is 0. The molecule has 9 heteroatoms. The van der Waals surface area contributed by atoms with Crippen LogP contribution in [0.25, 0.3) is 27.1 Å². The first kappa shape index (κ1) is 41.6. The highest BCUT2D eigenvalue weighted by Gasteiger charge is 2.41. The van der Waals surface area contributed by atoms with Crippen molar-refractivity contribution in [2.24, 2.45) is 0 Å². The Bertz CT molecular complexity index is 2510. The van der Waals surface area contributed by atoms with E-state index in [0.717, 1.165) is 39.0 Å². The van der Waals surface area contributed by atoms with E-state index in [9.17, 15) is 9.59 Å². The molecule has 3 heterocycles. The maximum atomic E-state index is 12.9. The molecule has 2 amide bonds. The van der Waals surface area contributed by atoms with Gasteiger partial charge in [0, 0.05) is 44.0 Å². The van der Waals surface area contributed by atoms with E-state index in [1.165, 1.54) is 76.7 Å². The van der Waals surface area contributed by atoms with E-state index < -0.39 is 19.3 Å². The minimum atomic E-state index is -2.28.